The smallest absolute Gasteiger partial charge is 0.0468 e. The Labute approximate surface area is 309 Å². The third-order valence-corrected chi connectivity index (χ3v) is 10.6. The van der Waals surface area contributed by atoms with Crippen LogP contribution in [0.1, 0.15) is 0 Å². The minimum absolute atomic E-state index is 1.10. The van der Waals surface area contributed by atoms with E-state index < -0.39 is 0 Å². The van der Waals surface area contributed by atoms with Crippen molar-refractivity contribution in [2.45, 2.75) is 0 Å². The second kappa shape index (κ2) is 13.0. The molecule has 10 rings (SSSR count). The van der Waals surface area contributed by atoms with Crippen LogP contribution >= 0.6 is 0 Å². The lowest BCUT2D eigenvalue weighted by atomic mass is 9.91. The van der Waals surface area contributed by atoms with Gasteiger partial charge in [0, 0.05) is 17.1 Å². The first-order chi connectivity index (χ1) is 26.3. The number of hydrogen-bond donors (Lipinski definition) is 0. The molecule has 0 saturated heterocycles. The molecule has 0 unspecified atom stereocenters. The zero-order chi connectivity index (χ0) is 35.1. The zero-order valence-corrected chi connectivity index (χ0v) is 29.2. The number of anilines is 3. The lowest BCUT2D eigenvalue weighted by Gasteiger charge is -2.26. The van der Waals surface area contributed by atoms with Gasteiger partial charge in [0.15, 0.2) is 0 Å². The highest BCUT2D eigenvalue weighted by Gasteiger charge is 2.16. The van der Waals surface area contributed by atoms with Crippen molar-refractivity contribution in [3.63, 3.8) is 0 Å². The van der Waals surface area contributed by atoms with Crippen LogP contribution in [-0.4, -0.2) is 0 Å². The second-order valence-electron chi connectivity index (χ2n) is 13.8. The van der Waals surface area contributed by atoms with Crippen LogP contribution in [0.15, 0.2) is 212 Å². The molecule has 0 aliphatic heterocycles. The summed E-state index contributed by atoms with van der Waals surface area (Å²) in [5.41, 5.74) is 10.6. The Balaban J connectivity index is 1.12. The average molecular weight is 674 g/mol. The van der Waals surface area contributed by atoms with E-state index in [0.29, 0.717) is 0 Å². The number of hydrogen-bond acceptors (Lipinski definition) is 1. The molecular formula is C52H35N. The Morgan fingerprint density at radius 3 is 1.30 bits per heavy atom. The summed E-state index contributed by atoms with van der Waals surface area (Å²) in [6, 6.07) is 77.3. The molecule has 0 bridgehead atoms. The Morgan fingerprint density at radius 1 is 0.226 bits per heavy atom. The second-order valence-corrected chi connectivity index (χ2v) is 13.8. The molecule has 0 saturated carbocycles. The summed E-state index contributed by atoms with van der Waals surface area (Å²) in [6.45, 7) is 0. The largest absolute Gasteiger partial charge is 0.310 e. The summed E-state index contributed by atoms with van der Waals surface area (Å²) < 4.78 is 0. The van der Waals surface area contributed by atoms with Gasteiger partial charge in [-0.3, -0.25) is 0 Å². The first-order valence-corrected chi connectivity index (χ1v) is 18.3. The summed E-state index contributed by atoms with van der Waals surface area (Å²) in [4.78, 5) is 2.39. The van der Waals surface area contributed by atoms with Gasteiger partial charge < -0.3 is 4.90 Å². The van der Waals surface area contributed by atoms with Gasteiger partial charge in [-0.15, -0.1) is 0 Å². The highest BCUT2D eigenvalue weighted by molar-refractivity contribution is 6.09. The van der Waals surface area contributed by atoms with Crippen molar-refractivity contribution in [2.24, 2.45) is 0 Å². The van der Waals surface area contributed by atoms with Gasteiger partial charge in [0.05, 0.1) is 0 Å². The fourth-order valence-corrected chi connectivity index (χ4v) is 7.97. The number of rotatable bonds is 6. The highest BCUT2D eigenvalue weighted by Crippen LogP contribution is 2.41. The van der Waals surface area contributed by atoms with Crippen molar-refractivity contribution >= 4 is 60.2 Å². The molecule has 0 fully saturated rings. The van der Waals surface area contributed by atoms with E-state index in [2.05, 4.69) is 217 Å². The van der Waals surface area contributed by atoms with Crippen LogP contribution in [-0.2, 0) is 0 Å². The van der Waals surface area contributed by atoms with Crippen LogP contribution < -0.4 is 4.90 Å². The molecule has 1 nitrogen and oxygen atoms in total. The molecule has 0 N–H and O–H groups in total. The van der Waals surface area contributed by atoms with Gasteiger partial charge in [0.25, 0.3) is 0 Å². The lowest BCUT2D eigenvalue weighted by Crippen LogP contribution is -2.10. The number of benzene rings is 10. The molecule has 0 atom stereocenters. The van der Waals surface area contributed by atoms with Gasteiger partial charge in [0.1, 0.15) is 0 Å². The fourth-order valence-electron chi connectivity index (χ4n) is 7.97. The molecule has 0 amide bonds. The highest BCUT2D eigenvalue weighted by atomic mass is 15.1. The van der Waals surface area contributed by atoms with E-state index in [1.165, 1.54) is 76.5 Å². The normalized spacial score (nSPS) is 11.4. The quantitative estimate of drug-likeness (QED) is 0.159. The van der Waals surface area contributed by atoms with E-state index >= 15 is 0 Å². The predicted octanol–water partition coefficient (Wildman–Crippen LogP) is 14.8. The third-order valence-electron chi connectivity index (χ3n) is 10.6. The van der Waals surface area contributed by atoms with Crippen LogP contribution in [0.4, 0.5) is 17.1 Å². The molecule has 10 aromatic rings. The van der Waals surface area contributed by atoms with E-state index in [4.69, 9.17) is 0 Å². The molecule has 10 aromatic carbocycles. The Hall–Kier alpha value is -6.96. The van der Waals surface area contributed by atoms with Crippen LogP contribution in [0.3, 0.4) is 0 Å². The van der Waals surface area contributed by atoms with Crippen LogP contribution in [0.25, 0.3) is 76.5 Å². The van der Waals surface area contributed by atoms with E-state index in [1.807, 2.05) is 0 Å². The van der Waals surface area contributed by atoms with Crippen molar-refractivity contribution in [3.05, 3.63) is 212 Å². The monoisotopic (exact) mass is 673 g/mol. The van der Waals surface area contributed by atoms with Gasteiger partial charge >= 0.3 is 0 Å². The molecule has 0 aliphatic rings. The summed E-state index contributed by atoms with van der Waals surface area (Å²) >= 11 is 0. The van der Waals surface area contributed by atoms with Gasteiger partial charge in [-0.25, -0.2) is 0 Å². The van der Waals surface area contributed by atoms with E-state index in [9.17, 15) is 0 Å². The lowest BCUT2D eigenvalue weighted by molar-refractivity contribution is 1.29. The van der Waals surface area contributed by atoms with Gasteiger partial charge in [-0.1, -0.05) is 164 Å². The Bertz CT molecular complexity index is 2920. The van der Waals surface area contributed by atoms with Crippen molar-refractivity contribution < 1.29 is 0 Å². The molecule has 0 aromatic heterocycles. The van der Waals surface area contributed by atoms with Crippen molar-refractivity contribution in [2.75, 3.05) is 4.90 Å². The molecule has 0 radical (unpaired) electrons. The van der Waals surface area contributed by atoms with E-state index in [0.717, 1.165) is 17.1 Å². The van der Waals surface area contributed by atoms with Gasteiger partial charge in [-0.05, 0) is 125 Å². The summed E-state index contributed by atoms with van der Waals surface area (Å²) in [5, 5.41) is 9.99. The van der Waals surface area contributed by atoms with Crippen molar-refractivity contribution in [1.29, 1.82) is 0 Å². The molecular weight excluding hydrogens is 639 g/mol. The van der Waals surface area contributed by atoms with E-state index in [1.54, 1.807) is 0 Å². The fraction of sp³-hybridized carbons (Fsp3) is 0. The standard InChI is InChI=1S/C52H35N/c1-2-11-37(12-3-1)50-33-42-15-4-5-16-43(42)34-51(50)41-25-30-45(31-26-41)53(46-32-27-40-22-21-38-14-7-9-19-49(38)52(40)35-46)44-28-23-39(24-29-44)48-20-10-17-36-13-6-8-18-47(36)48/h1-35H. The summed E-state index contributed by atoms with van der Waals surface area (Å²) in [6.07, 6.45) is 0. The van der Waals surface area contributed by atoms with Crippen LogP contribution in [0.2, 0.25) is 0 Å². The Kier molecular flexibility index (Phi) is 7.55. The first kappa shape index (κ1) is 30.8. The summed E-state index contributed by atoms with van der Waals surface area (Å²) in [7, 11) is 0. The molecule has 1 heteroatoms. The minimum atomic E-state index is 1.10. The molecule has 0 heterocycles. The van der Waals surface area contributed by atoms with Gasteiger partial charge in [-0.2, -0.15) is 0 Å². The minimum Gasteiger partial charge on any atom is -0.310 e. The maximum Gasteiger partial charge on any atom is 0.0468 e. The Morgan fingerprint density at radius 2 is 0.660 bits per heavy atom. The zero-order valence-electron chi connectivity index (χ0n) is 29.2. The topological polar surface area (TPSA) is 3.24 Å². The molecule has 248 valence electrons. The molecule has 53 heavy (non-hydrogen) atoms. The van der Waals surface area contributed by atoms with Gasteiger partial charge in [0.2, 0.25) is 0 Å². The molecule has 0 spiro atoms. The maximum absolute atomic E-state index is 2.39. The molecule has 0 aliphatic carbocycles. The number of nitrogens with zero attached hydrogens (tertiary/aromatic N) is 1. The van der Waals surface area contributed by atoms with Crippen molar-refractivity contribution in [1.82, 2.24) is 0 Å². The average Bonchev–Trinajstić information content (AvgIpc) is 3.24. The summed E-state index contributed by atoms with van der Waals surface area (Å²) in [5.74, 6) is 0. The number of fused-ring (bicyclic) bond motifs is 5. The maximum atomic E-state index is 2.39. The first-order valence-electron chi connectivity index (χ1n) is 18.3. The van der Waals surface area contributed by atoms with E-state index in [-0.39, 0.29) is 0 Å². The predicted molar refractivity (Wildman–Crippen MR) is 227 cm³/mol. The third kappa shape index (κ3) is 5.60. The van der Waals surface area contributed by atoms with Crippen LogP contribution in [0.5, 0.6) is 0 Å². The van der Waals surface area contributed by atoms with Crippen LogP contribution in [0, 0.1) is 0 Å². The SMILES string of the molecule is c1ccc(-c2cc3ccccc3cc2-c2ccc(N(c3ccc(-c4cccc5ccccc45)cc3)c3ccc4ccc5ccccc5c4c3)cc2)cc1. The van der Waals surface area contributed by atoms with Crippen molar-refractivity contribution in [3.8, 4) is 33.4 Å².